The molecule has 2 fully saturated rings. The Hall–Kier alpha value is -1.79. The summed E-state index contributed by atoms with van der Waals surface area (Å²) in [6.07, 6.45) is 5.60. The maximum absolute atomic E-state index is 12.3. The number of halogens is 2. The number of nitrogens with one attached hydrogen (secondary N) is 1. The number of likely N-dealkylation sites (tertiary alicyclic amines) is 1. The van der Waals surface area contributed by atoms with Gasteiger partial charge in [-0.25, -0.2) is 0 Å². The first-order valence-corrected chi connectivity index (χ1v) is 9.90. The first-order chi connectivity index (χ1) is 12.9. The molecule has 0 radical (unpaired) electrons. The predicted molar refractivity (Wildman–Crippen MR) is 103 cm³/mol. The first-order valence-electron chi connectivity index (χ1n) is 9.15. The van der Waals surface area contributed by atoms with Gasteiger partial charge in [0.15, 0.2) is 6.61 Å². The molecule has 146 valence electrons. The Balaban J connectivity index is 1.47. The van der Waals surface area contributed by atoms with Crippen LogP contribution in [0, 0.1) is 5.92 Å². The molecule has 1 aliphatic heterocycles. The molecule has 2 aliphatic rings. The normalized spacial score (nSPS) is 20.6. The van der Waals surface area contributed by atoms with Crippen molar-refractivity contribution in [3.05, 3.63) is 28.2 Å². The van der Waals surface area contributed by atoms with Crippen LogP contribution in [0.1, 0.15) is 38.5 Å². The Kier molecular flexibility index (Phi) is 6.60. The van der Waals surface area contributed by atoms with Gasteiger partial charge in [0, 0.05) is 24.0 Å². The molecule has 1 saturated carbocycles. The van der Waals surface area contributed by atoms with Gasteiger partial charge in [0.2, 0.25) is 5.91 Å². The Bertz CT molecular complexity index is 734. The summed E-state index contributed by atoms with van der Waals surface area (Å²) in [5.74, 6) is -1.52. The second kappa shape index (κ2) is 8.93. The largest absolute Gasteiger partial charge is 0.455 e. The molecular weight excluding hydrogens is 391 g/mol. The number of ether oxygens (including phenoxy) is 1. The molecule has 0 aromatic heterocycles. The van der Waals surface area contributed by atoms with Gasteiger partial charge in [-0.2, -0.15) is 0 Å². The molecule has 1 atom stereocenters. The molecule has 3 rings (SSSR count). The fourth-order valence-electron chi connectivity index (χ4n) is 3.67. The summed E-state index contributed by atoms with van der Waals surface area (Å²) >= 11 is 11.8. The molecule has 8 heteroatoms. The van der Waals surface area contributed by atoms with E-state index in [-0.39, 0.29) is 18.4 Å². The van der Waals surface area contributed by atoms with Crippen molar-refractivity contribution in [2.24, 2.45) is 5.92 Å². The quantitative estimate of drug-likeness (QED) is 0.748. The second-order valence-electron chi connectivity index (χ2n) is 7.02. The van der Waals surface area contributed by atoms with Gasteiger partial charge in [-0.1, -0.05) is 42.5 Å². The minimum Gasteiger partial charge on any atom is -0.455 e. The minimum absolute atomic E-state index is 0.00116. The predicted octanol–water partition coefficient (Wildman–Crippen LogP) is 3.66. The highest BCUT2D eigenvalue weighted by Crippen LogP contribution is 2.29. The van der Waals surface area contributed by atoms with Crippen molar-refractivity contribution in [3.8, 4) is 0 Å². The molecule has 0 bridgehead atoms. The molecular formula is C19H22Cl2N2O4. The summed E-state index contributed by atoms with van der Waals surface area (Å²) in [7, 11) is 0. The van der Waals surface area contributed by atoms with Crippen molar-refractivity contribution in [3.63, 3.8) is 0 Å². The van der Waals surface area contributed by atoms with E-state index in [4.69, 9.17) is 27.9 Å². The van der Waals surface area contributed by atoms with Gasteiger partial charge >= 0.3 is 5.97 Å². The summed E-state index contributed by atoms with van der Waals surface area (Å²) in [6, 6.07) is 4.91. The first kappa shape index (κ1) is 20.0. The lowest BCUT2D eigenvalue weighted by molar-refractivity contribution is -0.151. The van der Waals surface area contributed by atoms with E-state index in [9.17, 15) is 14.4 Å². The monoisotopic (exact) mass is 412 g/mol. The maximum atomic E-state index is 12.3. The maximum Gasteiger partial charge on any atom is 0.311 e. The van der Waals surface area contributed by atoms with Crippen LogP contribution >= 0.6 is 23.2 Å². The molecule has 0 spiro atoms. The summed E-state index contributed by atoms with van der Waals surface area (Å²) in [6.45, 7) is -0.0428. The lowest BCUT2D eigenvalue weighted by Gasteiger charge is -2.31. The smallest absolute Gasteiger partial charge is 0.311 e. The Labute approximate surface area is 168 Å². The van der Waals surface area contributed by atoms with Crippen LogP contribution in [0.25, 0.3) is 0 Å². The van der Waals surface area contributed by atoms with Gasteiger partial charge in [0.05, 0.1) is 16.6 Å². The molecule has 1 saturated heterocycles. The van der Waals surface area contributed by atoms with Crippen LogP contribution in [-0.2, 0) is 19.1 Å². The van der Waals surface area contributed by atoms with Gasteiger partial charge in [-0.3, -0.25) is 14.4 Å². The van der Waals surface area contributed by atoms with Gasteiger partial charge in [-0.05, 0) is 31.0 Å². The van der Waals surface area contributed by atoms with Gasteiger partial charge in [0.25, 0.3) is 5.91 Å². The molecule has 6 nitrogen and oxygen atoms in total. The van der Waals surface area contributed by atoms with E-state index < -0.39 is 24.4 Å². The summed E-state index contributed by atoms with van der Waals surface area (Å²) in [5, 5.41) is 3.32. The van der Waals surface area contributed by atoms with Crippen LogP contribution in [0.5, 0.6) is 0 Å². The zero-order valence-corrected chi connectivity index (χ0v) is 16.4. The van der Waals surface area contributed by atoms with Gasteiger partial charge in [0.1, 0.15) is 0 Å². The number of amides is 2. The van der Waals surface area contributed by atoms with Crippen molar-refractivity contribution in [2.45, 2.75) is 44.6 Å². The highest BCUT2D eigenvalue weighted by atomic mass is 35.5. The number of anilines is 1. The van der Waals surface area contributed by atoms with E-state index in [1.54, 1.807) is 12.1 Å². The third kappa shape index (κ3) is 5.14. The van der Waals surface area contributed by atoms with E-state index in [0.717, 1.165) is 25.7 Å². The fourth-order valence-corrected chi connectivity index (χ4v) is 4.12. The minimum atomic E-state index is -0.515. The van der Waals surface area contributed by atoms with Gasteiger partial charge in [-0.15, -0.1) is 0 Å². The Morgan fingerprint density at radius 1 is 1.19 bits per heavy atom. The molecule has 27 heavy (non-hydrogen) atoms. The molecule has 1 N–H and O–H groups in total. The fraction of sp³-hybridized carbons (Fsp3) is 0.526. The van der Waals surface area contributed by atoms with Crippen LogP contribution in [0.15, 0.2) is 18.2 Å². The third-order valence-corrected chi connectivity index (χ3v) is 5.61. The van der Waals surface area contributed by atoms with Crippen LogP contribution < -0.4 is 5.32 Å². The SMILES string of the molecule is O=C(COC(=O)[C@H]1CC(=O)N(C2CCCCC2)C1)Nc1ccc(Cl)cc1Cl. The Morgan fingerprint density at radius 2 is 1.93 bits per heavy atom. The van der Waals surface area contributed by atoms with Crippen molar-refractivity contribution >= 4 is 46.7 Å². The highest BCUT2D eigenvalue weighted by molar-refractivity contribution is 6.36. The van der Waals surface area contributed by atoms with Crippen molar-refractivity contribution < 1.29 is 19.1 Å². The number of rotatable bonds is 5. The zero-order chi connectivity index (χ0) is 19.4. The zero-order valence-electron chi connectivity index (χ0n) is 14.9. The lowest BCUT2D eigenvalue weighted by Crippen LogP contribution is -2.38. The average molecular weight is 413 g/mol. The topological polar surface area (TPSA) is 75.7 Å². The molecule has 2 amide bonds. The number of esters is 1. The number of hydrogen-bond acceptors (Lipinski definition) is 4. The van der Waals surface area contributed by atoms with Crippen LogP contribution in [-0.4, -0.2) is 41.9 Å². The number of benzene rings is 1. The molecule has 1 aliphatic carbocycles. The average Bonchev–Trinajstić information content (AvgIpc) is 3.04. The molecule has 0 unspecified atom stereocenters. The van der Waals surface area contributed by atoms with Crippen molar-refractivity contribution in [1.82, 2.24) is 4.90 Å². The number of carbonyl (C=O) groups is 3. The summed E-state index contributed by atoms with van der Waals surface area (Å²) in [4.78, 5) is 38.3. The van der Waals surface area contributed by atoms with Crippen LogP contribution in [0.3, 0.4) is 0 Å². The van der Waals surface area contributed by atoms with Crippen LogP contribution in [0.4, 0.5) is 5.69 Å². The lowest BCUT2D eigenvalue weighted by atomic mass is 9.94. The summed E-state index contributed by atoms with van der Waals surface area (Å²) < 4.78 is 5.11. The van der Waals surface area contributed by atoms with Crippen LogP contribution in [0.2, 0.25) is 10.0 Å². The highest BCUT2D eigenvalue weighted by Gasteiger charge is 2.39. The van der Waals surface area contributed by atoms with E-state index in [0.29, 0.717) is 22.3 Å². The van der Waals surface area contributed by atoms with Gasteiger partial charge < -0.3 is 15.0 Å². The number of hydrogen-bond donors (Lipinski definition) is 1. The van der Waals surface area contributed by atoms with E-state index >= 15 is 0 Å². The summed E-state index contributed by atoms with van der Waals surface area (Å²) in [5.41, 5.74) is 0.390. The van der Waals surface area contributed by atoms with E-state index in [2.05, 4.69) is 5.32 Å². The standard InChI is InChI=1S/C19H22Cl2N2O4/c20-13-6-7-16(15(21)9-13)22-17(24)11-27-19(26)12-8-18(25)23(10-12)14-4-2-1-3-5-14/h6-7,9,12,14H,1-5,8,10-11H2,(H,22,24)/t12-/m0/s1. The second-order valence-corrected chi connectivity index (χ2v) is 7.86. The number of nitrogens with zero attached hydrogens (tertiary/aromatic N) is 1. The van der Waals surface area contributed by atoms with Crippen molar-refractivity contribution in [2.75, 3.05) is 18.5 Å². The Morgan fingerprint density at radius 3 is 2.63 bits per heavy atom. The molecule has 1 aromatic rings. The number of carbonyl (C=O) groups excluding carboxylic acids is 3. The third-order valence-electron chi connectivity index (χ3n) is 5.06. The van der Waals surface area contributed by atoms with E-state index in [1.807, 2.05) is 4.90 Å². The molecule has 1 aromatic carbocycles. The molecule has 1 heterocycles. The van der Waals surface area contributed by atoms with Crippen molar-refractivity contribution in [1.29, 1.82) is 0 Å². The van der Waals surface area contributed by atoms with E-state index in [1.165, 1.54) is 12.5 Å².